The fraction of sp³-hybridized carbons (Fsp3) is 0.471. The van der Waals surface area contributed by atoms with Gasteiger partial charge in [0.15, 0.2) is 0 Å². The molecule has 6 nitrogen and oxygen atoms in total. The van der Waals surface area contributed by atoms with Gasteiger partial charge in [0.2, 0.25) is 0 Å². The first kappa shape index (κ1) is 18.4. The molecule has 0 spiro atoms. The third-order valence-corrected chi connectivity index (χ3v) is 4.70. The fourth-order valence-electron chi connectivity index (χ4n) is 3.09. The first-order valence-electron chi connectivity index (χ1n) is 7.46. The van der Waals surface area contributed by atoms with Crippen molar-refractivity contribution in [3.05, 3.63) is 28.2 Å². The molecule has 0 radical (unpaired) electrons. The largest absolute Gasteiger partial charge is 0.493 e. The van der Waals surface area contributed by atoms with Crippen LogP contribution in [0, 0.1) is 11.8 Å². The molecule has 24 heavy (non-hydrogen) atoms. The van der Waals surface area contributed by atoms with E-state index in [1.54, 1.807) is 12.1 Å². The molecule has 2 rings (SSSR count). The second kappa shape index (κ2) is 7.79. The van der Waals surface area contributed by atoms with Crippen molar-refractivity contribution < 1.29 is 28.6 Å². The summed E-state index contributed by atoms with van der Waals surface area (Å²) >= 11 is 3.37. The molecule has 7 heteroatoms. The molecular formula is C17H19BrO6. The average Bonchev–Trinajstić information content (AvgIpc) is 2.55. The Morgan fingerprint density at radius 1 is 1.29 bits per heavy atom. The minimum atomic E-state index is -0.992. The van der Waals surface area contributed by atoms with Crippen molar-refractivity contribution in [1.82, 2.24) is 0 Å². The maximum atomic E-state index is 12.2. The Morgan fingerprint density at radius 3 is 2.58 bits per heavy atom. The van der Waals surface area contributed by atoms with Gasteiger partial charge in [-0.15, -0.1) is 0 Å². The van der Waals surface area contributed by atoms with Crippen LogP contribution in [-0.4, -0.2) is 38.5 Å². The lowest BCUT2D eigenvalue weighted by atomic mass is 9.72. The van der Waals surface area contributed by atoms with Crippen molar-refractivity contribution in [2.24, 2.45) is 11.8 Å². The number of Topliss-reactive ketones (excluding diaryl/α,β-unsaturated/α-hetero) is 1. The zero-order valence-electron chi connectivity index (χ0n) is 13.7. The van der Waals surface area contributed by atoms with Crippen LogP contribution in [0.3, 0.4) is 0 Å². The third kappa shape index (κ3) is 3.77. The van der Waals surface area contributed by atoms with Gasteiger partial charge in [0.1, 0.15) is 17.5 Å². The van der Waals surface area contributed by atoms with Crippen LogP contribution in [-0.2, 0) is 23.9 Å². The average molecular weight is 399 g/mol. The van der Waals surface area contributed by atoms with Gasteiger partial charge in [-0.05, 0) is 24.6 Å². The van der Waals surface area contributed by atoms with E-state index in [0.29, 0.717) is 11.3 Å². The van der Waals surface area contributed by atoms with Crippen molar-refractivity contribution in [2.75, 3.05) is 20.8 Å². The molecule has 0 aliphatic carbocycles. The molecule has 0 amide bonds. The molecule has 0 saturated heterocycles. The van der Waals surface area contributed by atoms with Gasteiger partial charge in [-0.3, -0.25) is 14.4 Å². The van der Waals surface area contributed by atoms with Crippen LogP contribution >= 0.6 is 15.9 Å². The van der Waals surface area contributed by atoms with E-state index in [0.717, 1.165) is 4.47 Å². The number of carbonyl (C=O) groups excluding carboxylic acids is 3. The number of fused-ring (bicyclic) bond motifs is 1. The van der Waals surface area contributed by atoms with E-state index in [4.69, 9.17) is 14.2 Å². The summed E-state index contributed by atoms with van der Waals surface area (Å²) in [6.07, 6.45) is 0.0530. The smallest absolute Gasteiger partial charge is 0.316 e. The number of rotatable bonds is 5. The topological polar surface area (TPSA) is 78.9 Å². The molecular weight excluding hydrogens is 380 g/mol. The number of benzene rings is 1. The Hall–Kier alpha value is -1.89. The van der Waals surface area contributed by atoms with E-state index in [-0.39, 0.29) is 24.7 Å². The number of ketones is 1. The molecule has 130 valence electrons. The monoisotopic (exact) mass is 398 g/mol. The van der Waals surface area contributed by atoms with Crippen LogP contribution in [0.1, 0.15) is 24.8 Å². The summed E-state index contributed by atoms with van der Waals surface area (Å²) in [4.78, 5) is 36.1. The van der Waals surface area contributed by atoms with E-state index in [9.17, 15) is 14.4 Å². The van der Waals surface area contributed by atoms with Crippen LogP contribution in [0.15, 0.2) is 22.7 Å². The Bertz CT molecular complexity index is 656. The van der Waals surface area contributed by atoms with Crippen molar-refractivity contribution >= 4 is 33.7 Å². The Balaban J connectivity index is 2.50. The summed E-state index contributed by atoms with van der Waals surface area (Å²) in [6, 6.07) is 5.39. The molecule has 3 atom stereocenters. The molecule has 0 aromatic heterocycles. The number of carbonyl (C=O) groups is 3. The van der Waals surface area contributed by atoms with E-state index < -0.39 is 23.8 Å². The normalized spacial score (nSPS) is 20.3. The van der Waals surface area contributed by atoms with Crippen LogP contribution in [0.25, 0.3) is 0 Å². The van der Waals surface area contributed by atoms with Crippen LogP contribution in [0.4, 0.5) is 0 Å². The van der Waals surface area contributed by atoms with Gasteiger partial charge in [0.05, 0.1) is 27.2 Å². The minimum absolute atomic E-state index is 0.0530. The fourth-order valence-corrected chi connectivity index (χ4v) is 3.43. The number of halogens is 1. The predicted molar refractivity (Wildman–Crippen MR) is 88.7 cm³/mol. The van der Waals surface area contributed by atoms with Gasteiger partial charge in [-0.1, -0.05) is 22.0 Å². The van der Waals surface area contributed by atoms with Crippen LogP contribution < -0.4 is 4.74 Å². The van der Waals surface area contributed by atoms with Gasteiger partial charge in [-0.25, -0.2) is 0 Å². The molecule has 0 bridgehead atoms. The van der Waals surface area contributed by atoms with Gasteiger partial charge in [-0.2, -0.15) is 0 Å². The number of ether oxygens (including phenoxy) is 3. The number of hydrogen-bond acceptors (Lipinski definition) is 6. The lowest BCUT2D eigenvalue weighted by Crippen LogP contribution is -2.39. The number of esters is 2. The van der Waals surface area contributed by atoms with Crippen molar-refractivity contribution in [2.45, 2.75) is 19.3 Å². The third-order valence-electron chi connectivity index (χ3n) is 4.20. The van der Waals surface area contributed by atoms with E-state index in [2.05, 4.69) is 15.9 Å². The zero-order chi connectivity index (χ0) is 17.9. The minimum Gasteiger partial charge on any atom is -0.493 e. The molecule has 1 aliphatic heterocycles. The zero-order valence-corrected chi connectivity index (χ0v) is 15.3. The highest BCUT2D eigenvalue weighted by Gasteiger charge is 2.43. The maximum absolute atomic E-state index is 12.2. The molecule has 0 saturated carbocycles. The first-order valence-corrected chi connectivity index (χ1v) is 8.25. The van der Waals surface area contributed by atoms with Gasteiger partial charge in [0, 0.05) is 16.3 Å². The summed E-state index contributed by atoms with van der Waals surface area (Å²) in [5.74, 6) is -2.61. The second-order valence-electron chi connectivity index (χ2n) is 5.67. The summed E-state index contributed by atoms with van der Waals surface area (Å²) < 4.78 is 16.1. The van der Waals surface area contributed by atoms with Crippen LogP contribution in [0.5, 0.6) is 5.75 Å². The van der Waals surface area contributed by atoms with Crippen molar-refractivity contribution in [1.29, 1.82) is 0 Å². The molecule has 0 fully saturated rings. The van der Waals surface area contributed by atoms with Crippen molar-refractivity contribution in [3.63, 3.8) is 0 Å². The summed E-state index contributed by atoms with van der Waals surface area (Å²) in [5.41, 5.74) is 0.712. The predicted octanol–water partition coefficient (Wildman–Crippen LogP) is 2.48. The highest BCUT2D eigenvalue weighted by Crippen LogP contribution is 2.44. The van der Waals surface area contributed by atoms with Crippen LogP contribution in [0.2, 0.25) is 0 Å². The van der Waals surface area contributed by atoms with Crippen molar-refractivity contribution in [3.8, 4) is 5.75 Å². The Morgan fingerprint density at radius 2 is 2.00 bits per heavy atom. The van der Waals surface area contributed by atoms with E-state index in [1.165, 1.54) is 21.1 Å². The lowest BCUT2D eigenvalue weighted by molar-refractivity contribution is -0.152. The SMILES string of the molecule is COC(=O)CC1COc2cc(Br)ccc2C1C(C(C)=O)C(=O)OC. The number of methoxy groups -OCH3 is 2. The van der Waals surface area contributed by atoms with Gasteiger partial charge < -0.3 is 14.2 Å². The van der Waals surface area contributed by atoms with Gasteiger partial charge >= 0.3 is 11.9 Å². The highest BCUT2D eigenvalue weighted by atomic mass is 79.9. The first-order chi connectivity index (χ1) is 11.4. The van der Waals surface area contributed by atoms with Gasteiger partial charge in [0.25, 0.3) is 0 Å². The lowest BCUT2D eigenvalue weighted by Gasteiger charge is -2.36. The number of hydrogen-bond donors (Lipinski definition) is 0. The standard InChI is InChI=1S/C17H19BrO6/c1-9(19)15(17(21)23-3)16-10(6-14(20)22-2)8-24-13-7-11(18)4-5-12(13)16/h4-5,7,10,15-16H,6,8H2,1-3H3. The summed E-state index contributed by atoms with van der Waals surface area (Å²) in [6.45, 7) is 1.56. The molecule has 1 aromatic carbocycles. The second-order valence-corrected chi connectivity index (χ2v) is 6.59. The Kier molecular flexibility index (Phi) is 5.99. The molecule has 1 aliphatic rings. The Labute approximate surface area is 148 Å². The quantitative estimate of drug-likeness (QED) is 0.559. The highest BCUT2D eigenvalue weighted by molar-refractivity contribution is 9.10. The maximum Gasteiger partial charge on any atom is 0.316 e. The van der Waals surface area contributed by atoms with E-state index >= 15 is 0 Å². The van der Waals surface area contributed by atoms with E-state index in [1.807, 2.05) is 6.07 Å². The summed E-state index contributed by atoms with van der Waals surface area (Å²) in [5, 5.41) is 0. The molecule has 3 unspecified atom stereocenters. The molecule has 0 N–H and O–H groups in total. The summed E-state index contributed by atoms with van der Waals surface area (Å²) in [7, 11) is 2.55. The molecule has 1 aromatic rings. The molecule has 1 heterocycles.